The molecule has 0 bridgehead atoms. The molecule has 3 amide bonds. The molecule has 2 saturated carbocycles. The number of para-hydroxylation sites is 1. The minimum absolute atomic E-state index is 0.00140. The van der Waals surface area contributed by atoms with Crippen molar-refractivity contribution in [2.24, 2.45) is 5.92 Å². The number of aliphatic carboxylic acids is 1. The van der Waals surface area contributed by atoms with Crippen LogP contribution in [0.5, 0.6) is 5.75 Å². The molecule has 5 atom stereocenters. The maximum atomic E-state index is 14.6. The van der Waals surface area contributed by atoms with Crippen molar-refractivity contribution in [2.75, 3.05) is 18.1 Å². The van der Waals surface area contributed by atoms with Crippen molar-refractivity contribution in [1.29, 1.82) is 0 Å². The van der Waals surface area contributed by atoms with Gasteiger partial charge in [0.15, 0.2) is 15.0 Å². The van der Waals surface area contributed by atoms with Crippen molar-refractivity contribution in [3.8, 4) is 17.1 Å². The van der Waals surface area contributed by atoms with Gasteiger partial charge in [0.25, 0.3) is 0 Å². The smallest absolute Gasteiger partial charge is 0.408 e. The third-order valence-electron chi connectivity index (χ3n) is 11.1. The van der Waals surface area contributed by atoms with Crippen molar-refractivity contribution < 1.29 is 42.2 Å². The van der Waals surface area contributed by atoms with Crippen LogP contribution in [0.2, 0.25) is 0 Å². The Morgan fingerprint density at radius 2 is 1.82 bits per heavy atom. The van der Waals surface area contributed by atoms with Gasteiger partial charge in [0.05, 0.1) is 22.7 Å². The minimum atomic E-state index is -3.73. The van der Waals surface area contributed by atoms with E-state index >= 15 is 0 Å². The Labute approximate surface area is 335 Å². The van der Waals surface area contributed by atoms with Crippen molar-refractivity contribution in [1.82, 2.24) is 25.5 Å². The maximum Gasteiger partial charge on any atom is 0.408 e. The van der Waals surface area contributed by atoms with Crippen LogP contribution >= 0.6 is 11.3 Å². The summed E-state index contributed by atoms with van der Waals surface area (Å²) < 4.78 is 38.3. The Balaban J connectivity index is 1.23. The van der Waals surface area contributed by atoms with E-state index in [0.29, 0.717) is 34.7 Å². The third-order valence-corrected chi connectivity index (χ3v) is 13.0. The lowest BCUT2D eigenvalue weighted by Crippen LogP contribution is -2.56. The van der Waals surface area contributed by atoms with Crippen LogP contribution in [-0.4, -0.2) is 101 Å². The number of carbonyl (C=O) groups excluding carboxylic acids is 3. The quantitative estimate of drug-likeness (QED) is 0.199. The molecule has 17 heteroatoms. The first-order chi connectivity index (χ1) is 27.2. The molecule has 2 aliphatic heterocycles. The van der Waals surface area contributed by atoms with E-state index in [9.17, 15) is 32.7 Å². The summed E-state index contributed by atoms with van der Waals surface area (Å²) in [6, 6.07) is 4.44. The fourth-order valence-corrected chi connectivity index (χ4v) is 9.77. The van der Waals surface area contributed by atoms with E-state index in [1.807, 2.05) is 31.4 Å². The molecule has 0 spiro atoms. The normalized spacial score (nSPS) is 26.5. The van der Waals surface area contributed by atoms with Gasteiger partial charge in [-0.1, -0.05) is 31.1 Å². The van der Waals surface area contributed by atoms with Gasteiger partial charge in [-0.25, -0.2) is 28.0 Å². The summed E-state index contributed by atoms with van der Waals surface area (Å²) in [7, 11) is -3.73. The lowest BCUT2D eigenvalue weighted by atomic mass is 10.0. The third kappa shape index (κ3) is 9.03. The monoisotopic (exact) mass is 822 g/mol. The Hall–Kier alpha value is -4.77. The molecule has 57 heavy (non-hydrogen) atoms. The van der Waals surface area contributed by atoms with Gasteiger partial charge in [-0.05, 0) is 77.3 Å². The first-order valence-electron chi connectivity index (χ1n) is 19.7. The van der Waals surface area contributed by atoms with Gasteiger partial charge >= 0.3 is 12.1 Å². The van der Waals surface area contributed by atoms with E-state index in [2.05, 4.69) is 20.9 Å². The molecule has 0 unspecified atom stereocenters. The van der Waals surface area contributed by atoms with Crippen molar-refractivity contribution >= 4 is 61.1 Å². The zero-order chi connectivity index (χ0) is 40.5. The predicted molar refractivity (Wildman–Crippen MR) is 214 cm³/mol. The maximum absolute atomic E-state index is 14.6. The Morgan fingerprint density at radius 3 is 2.56 bits per heavy atom. The molecule has 4 aliphatic rings. The molecule has 306 valence electrons. The summed E-state index contributed by atoms with van der Waals surface area (Å²) in [5.74, 6) is -2.41. The number of fused-ring (bicyclic) bond motifs is 3. The molecule has 1 aromatic carbocycles. The number of thiazole rings is 1. The molecule has 3 aromatic rings. The number of rotatable bonds is 9. The van der Waals surface area contributed by atoms with Crippen molar-refractivity contribution in [3.05, 3.63) is 41.8 Å². The van der Waals surface area contributed by atoms with Gasteiger partial charge in [-0.2, -0.15) is 0 Å². The summed E-state index contributed by atoms with van der Waals surface area (Å²) in [5.41, 5.74) is -0.456. The van der Waals surface area contributed by atoms with E-state index < -0.39 is 63.4 Å². The largest absolute Gasteiger partial charge is 0.488 e. The number of benzene rings is 1. The number of nitrogens with one attached hydrogen (secondary N) is 3. The molecule has 7 rings (SSSR count). The molecular weight excluding hydrogens is 773 g/mol. The number of hydrogen-bond acceptors (Lipinski definition) is 12. The highest BCUT2D eigenvalue weighted by molar-refractivity contribution is 7.91. The predicted octanol–water partition coefficient (Wildman–Crippen LogP) is 5.45. The SMILES string of the molecule is CC(C)Nc1nc(-c2cc(O[C@@H]3C[C@H]4C(=O)N[C@]5(C(=O)O)C[C@@H]5/C=C\CCCCC[C@H](NC(=O)OC5CCCC5)C(=O)N4C3)c3cccc(S(C)(=O)=O)c3n2)cs1. The average Bonchev–Trinajstić information content (AvgIpc) is 3.58. The number of nitrogens with zero attached hydrogens (tertiary/aromatic N) is 3. The Bertz CT molecular complexity index is 2170. The summed E-state index contributed by atoms with van der Waals surface area (Å²) in [4.78, 5) is 65.3. The molecule has 4 N–H and O–H groups in total. The topological polar surface area (TPSA) is 206 Å². The number of sulfone groups is 1. The van der Waals surface area contributed by atoms with E-state index in [-0.39, 0.29) is 47.7 Å². The second kappa shape index (κ2) is 16.6. The number of anilines is 1. The van der Waals surface area contributed by atoms with Crippen molar-refractivity contribution in [2.45, 2.75) is 125 Å². The van der Waals surface area contributed by atoms with E-state index in [4.69, 9.17) is 14.5 Å². The standard InChI is InChI=1S/C40H50N6O9S2/c1-23(2)41-38-43-30(22-56-38)29-19-32(27-15-11-17-33(34(27)42-29)57(3,52)53)54-26-18-31-35(47)45-40(37(49)50)20-24(40)12-7-5-4-6-8-16-28(36(48)46(31)21-26)44-39(51)55-25-13-9-10-14-25/h7,11-12,15,17,19,22-26,28,31H,4-6,8-10,13-14,16,18,20-21H2,1-3H3,(H,41,43)(H,44,51)(H,45,47)(H,49,50)/b12-7-/t24-,26+,28-,31-,40+/m0/s1. The minimum Gasteiger partial charge on any atom is -0.488 e. The number of carboxylic acids is 1. The molecular formula is C40H50N6O9S2. The summed E-state index contributed by atoms with van der Waals surface area (Å²) in [5, 5.41) is 22.0. The molecule has 2 aliphatic carbocycles. The number of hydrogen-bond donors (Lipinski definition) is 4. The van der Waals surface area contributed by atoms with Crippen LogP contribution in [0.3, 0.4) is 0 Å². The van der Waals surface area contributed by atoms with Crippen LogP contribution in [0.1, 0.15) is 84.5 Å². The molecule has 1 saturated heterocycles. The van der Waals surface area contributed by atoms with E-state index in [1.165, 1.54) is 22.3 Å². The molecule has 2 aromatic heterocycles. The number of aromatic nitrogens is 2. The molecule has 0 radical (unpaired) electrons. The Morgan fingerprint density at radius 1 is 1.05 bits per heavy atom. The van der Waals surface area contributed by atoms with Gasteiger partial charge in [-0.3, -0.25) is 9.59 Å². The lowest BCUT2D eigenvalue weighted by Gasteiger charge is -2.29. The number of pyridine rings is 1. The summed E-state index contributed by atoms with van der Waals surface area (Å²) in [6.07, 6.45) is 10.1. The second-order valence-electron chi connectivity index (χ2n) is 15.9. The summed E-state index contributed by atoms with van der Waals surface area (Å²) >= 11 is 1.38. The van der Waals surface area contributed by atoms with Gasteiger partial charge in [-0.15, -0.1) is 11.3 Å². The molecule has 15 nitrogen and oxygen atoms in total. The zero-order valence-electron chi connectivity index (χ0n) is 32.4. The highest BCUT2D eigenvalue weighted by Crippen LogP contribution is 2.45. The summed E-state index contributed by atoms with van der Waals surface area (Å²) in [6.45, 7) is 3.91. The van der Waals surface area contributed by atoms with Gasteiger partial charge < -0.3 is 35.4 Å². The van der Waals surface area contributed by atoms with Crippen molar-refractivity contribution in [3.63, 3.8) is 0 Å². The van der Waals surface area contributed by atoms with Crippen LogP contribution < -0.4 is 20.7 Å². The number of alkyl carbamates (subject to hydrolysis) is 1. The number of ether oxygens (including phenoxy) is 2. The van der Waals surface area contributed by atoms with Crippen LogP contribution in [0.25, 0.3) is 22.3 Å². The lowest BCUT2D eigenvalue weighted by molar-refractivity contribution is -0.145. The Kier molecular flexibility index (Phi) is 11.8. The average molecular weight is 823 g/mol. The van der Waals surface area contributed by atoms with Gasteiger partial charge in [0.2, 0.25) is 11.8 Å². The number of allylic oxidation sites excluding steroid dienone is 1. The highest BCUT2D eigenvalue weighted by Gasteiger charge is 2.61. The van der Waals surface area contributed by atoms with Crippen LogP contribution in [-0.2, 0) is 29.0 Å². The fourth-order valence-electron chi connectivity index (χ4n) is 8.08. The number of carbonyl (C=O) groups is 4. The van der Waals surface area contributed by atoms with E-state index in [0.717, 1.165) is 51.2 Å². The van der Waals surface area contributed by atoms with Gasteiger partial charge in [0.1, 0.15) is 41.3 Å². The van der Waals surface area contributed by atoms with Gasteiger partial charge in [0, 0.05) is 41.5 Å². The highest BCUT2D eigenvalue weighted by atomic mass is 32.2. The van der Waals surface area contributed by atoms with E-state index in [1.54, 1.807) is 18.2 Å². The van der Waals surface area contributed by atoms with Crippen LogP contribution in [0.15, 0.2) is 46.7 Å². The fraction of sp³-hybridized carbons (Fsp3) is 0.550. The second-order valence-corrected chi connectivity index (χ2v) is 18.7. The van der Waals surface area contributed by atoms with Crippen LogP contribution in [0, 0.1) is 5.92 Å². The number of carboxylic acid groups (broad SMARTS) is 1. The molecule has 3 fully saturated rings. The number of amides is 3. The van der Waals surface area contributed by atoms with Crippen LogP contribution in [0.4, 0.5) is 9.93 Å². The zero-order valence-corrected chi connectivity index (χ0v) is 34.0. The molecule has 4 heterocycles. The first kappa shape index (κ1) is 40.4. The first-order valence-corrected chi connectivity index (χ1v) is 22.5.